The molecule has 0 fully saturated rings. The summed E-state index contributed by atoms with van der Waals surface area (Å²) in [4.78, 5) is 11.4. The Balaban J connectivity index is 2.75. The molecule has 0 atom stereocenters. The van der Waals surface area contributed by atoms with Gasteiger partial charge in [0.2, 0.25) is 0 Å². The Morgan fingerprint density at radius 2 is 1.59 bits per heavy atom. The van der Waals surface area contributed by atoms with Crippen LogP contribution in [-0.4, -0.2) is 33.4 Å². The van der Waals surface area contributed by atoms with Gasteiger partial charge in [-0.2, -0.15) is 0 Å². The van der Waals surface area contributed by atoms with Gasteiger partial charge in [-0.1, -0.05) is 31.5 Å². The van der Waals surface area contributed by atoms with Crippen LogP contribution in [0.5, 0.6) is 5.75 Å². The average molecular weight is 310 g/mol. The third kappa shape index (κ3) is 5.66. The Kier molecular flexibility index (Phi) is 7.91. The van der Waals surface area contributed by atoms with Crippen molar-refractivity contribution in [2.45, 2.75) is 34.0 Å². The summed E-state index contributed by atoms with van der Waals surface area (Å²) >= 11 is 0. The van der Waals surface area contributed by atoms with Crippen LogP contribution in [0.1, 0.15) is 30.5 Å². The highest BCUT2D eigenvalue weighted by Crippen LogP contribution is 2.27. The summed E-state index contributed by atoms with van der Waals surface area (Å²) in [5.74, 6) is 0.393. The first-order valence-corrected chi connectivity index (χ1v) is 7.39. The first-order chi connectivity index (χ1) is 10.5. The zero-order valence-electron chi connectivity index (χ0n) is 14.1. The van der Waals surface area contributed by atoms with Gasteiger partial charge in [-0.05, 0) is 6.92 Å². The van der Waals surface area contributed by atoms with E-state index in [1.807, 2.05) is 19.1 Å². The van der Waals surface area contributed by atoms with Gasteiger partial charge in [-0.15, -0.1) is 0 Å². The van der Waals surface area contributed by atoms with Gasteiger partial charge in [0.15, 0.2) is 0 Å². The second kappa shape index (κ2) is 9.43. The molecule has 5 heteroatoms. The number of benzene rings is 1. The number of rotatable bonds is 9. The predicted octanol–water partition coefficient (Wildman–Crippen LogP) is 2.87. The van der Waals surface area contributed by atoms with Crippen LogP contribution in [0.3, 0.4) is 0 Å². The maximum atomic E-state index is 11.4. The summed E-state index contributed by atoms with van der Waals surface area (Å²) in [7, 11) is 3.29. The molecule has 0 saturated carbocycles. The summed E-state index contributed by atoms with van der Waals surface area (Å²) in [5.41, 5.74) is 3.05. The monoisotopic (exact) mass is 310 g/mol. The topological polar surface area (TPSA) is 54.0 Å². The quantitative estimate of drug-likeness (QED) is 0.518. The van der Waals surface area contributed by atoms with Gasteiger partial charge in [0, 0.05) is 25.3 Å². The summed E-state index contributed by atoms with van der Waals surface area (Å²) in [6.45, 7) is 7.07. The summed E-state index contributed by atoms with van der Waals surface area (Å²) < 4.78 is 21.4. The molecule has 22 heavy (non-hydrogen) atoms. The van der Waals surface area contributed by atoms with E-state index in [9.17, 15) is 4.79 Å². The maximum absolute atomic E-state index is 11.4. The van der Waals surface area contributed by atoms with Gasteiger partial charge in [0.1, 0.15) is 19.0 Å². The molecule has 0 aliphatic carbocycles. The van der Waals surface area contributed by atoms with Gasteiger partial charge in [0.05, 0.1) is 19.1 Å². The fraction of sp³-hybridized carbons (Fsp3) is 0.588. The Morgan fingerprint density at radius 1 is 1.05 bits per heavy atom. The van der Waals surface area contributed by atoms with Crippen molar-refractivity contribution in [1.29, 1.82) is 0 Å². The highest BCUT2D eigenvalue weighted by atomic mass is 16.6. The van der Waals surface area contributed by atoms with Crippen molar-refractivity contribution < 1.29 is 23.7 Å². The molecule has 0 N–H and O–H groups in total. The lowest BCUT2D eigenvalue weighted by molar-refractivity contribution is -0.148. The summed E-state index contributed by atoms with van der Waals surface area (Å²) in [6.07, 6.45) is 0. The second-order valence-electron chi connectivity index (χ2n) is 5.45. The van der Waals surface area contributed by atoms with Gasteiger partial charge >= 0.3 is 5.97 Å². The number of methoxy groups -OCH3 is 2. The summed E-state index contributed by atoms with van der Waals surface area (Å²) in [5, 5.41) is 0. The van der Waals surface area contributed by atoms with E-state index in [4.69, 9.17) is 18.9 Å². The molecule has 0 radical (unpaired) electrons. The molecule has 0 saturated heterocycles. The van der Waals surface area contributed by atoms with Crippen LogP contribution >= 0.6 is 0 Å². The van der Waals surface area contributed by atoms with Crippen molar-refractivity contribution >= 4 is 5.97 Å². The van der Waals surface area contributed by atoms with Crippen LogP contribution in [0.15, 0.2) is 12.1 Å². The number of hydrogen-bond donors (Lipinski definition) is 0. The lowest BCUT2D eigenvalue weighted by Crippen LogP contribution is -2.17. The Labute approximate surface area is 132 Å². The predicted molar refractivity (Wildman–Crippen MR) is 83.9 cm³/mol. The molecule has 0 heterocycles. The molecular formula is C17H26O5. The zero-order chi connectivity index (χ0) is 16.5. The van der Waals surface area contributed by atoms with Gasteiger partial charge in [-0.3, -0.25) is 4.79 Å². The Morgan fingerprint density at radius 3 is 2.05 bits per heavy atom. The van der Waals surface area contributed by atoms with Crippen LogP contribution in [0.25, 0.3) is 0 Å². The van der Waals surface area contributed by atoms with E-state index in [1.54, 1.807) is 28.1 Å². The third-order valence-electron chi connectivity index (χ3n) is 3.03. The van der Waals surface area contributed by atoms with Crippen molar-refractivity contribution in [3.8, 4) is 5.75 Å². The molecule has 0 aliphatic rings. The van der Waals surface area contributed by atoms with E-state index in [0.29, 0.717) is 19.8 Å². The van der Waals surface area contributed by atoms with Gasteiger partial charge < -0.3 is 18.9 Å². The number of esters is 1. The highest BCUT2D eigenvalue weighted by molar-refractivity contribution is 5.71. The minimum absolute atomic E-state index is 0.132. The van der Waals surface area contributed by atoms with Crippen molar-refractivity contribution in [3.05, 3.63) is 28.8 Å². The largest absolute Gasteiger partial charge is 0.489 e. The molecule has 0 amide bonds. The van der Waals surface area contributed by atoms with Crippen molar-refractivity contribution in [3.63, 3.8) is 0 Å². The van der Waals surface area contributed by atoms with E-state index >= 15 is 0 Å². The molecule has 0 unspecified atom stereocenters. The number of aryl methyl sites for hydroxylation is 1. The van der Waals surface area contributed by atoms with E-state index < -0.39 is 0 Å². The van der Waals surface area contributed by atoms with Gasteiger partial charge in [-0.25, -0.2) is 0 Å². The second-order valence-corrected chi connectivity index (χ2v) is 5.45. The van der Waals surface area contributed by atoms with Crippen molar-refractivity contribution in [2.75, 3.05) is 27.4 Å². The fourth-order valence-electron chi connectivity index (χ4n) is 2.09. The van der Waals surface area contributed by atoms with E-state index in [2.05, 4.69) is 0 Å². The zero-order valence-corrected chi connectivity index (χ0v) is 14.1. The lowest BCUT2D eigenvalue weighted by Gasteiger charge is -2.17. The molecule has 1 aromatic rings. The van der Waals surface area contributed by atoms with Crippen LogP contribution < -0.4 is 4.74 Å². The Hall–Kier alpha value is -1.59. The van der Waals surface area contributed by atoms with E-state index in [1.165, 1.54) is 0 Å². The number of carbonyl (C=O) groups is 1. The smallest absolute Gasteiger partial charge is 0.308 e. The first kappa shape index (κ1) is 18.5. The molecule has 124 valence electrons. The lowest BCUT2D eigenvalue weighted by atomic mass is 10.1. The molecular weight excluding hydrogens is 284 g/mol. The molecule has 0 spiro atoms. The van der Waals surface area contributed by atoms with Crippen LogP contribution in [0, 0.1) is 12.8 Å². The normalized spacial score (nSPS) is 10.8. The molecule has 0 aromatic heterocycles. The molecule has 0 aliphatic heterocycles. The fourth-order valence-corrected chi connectivity index (χ4v) is 2.09. The Bertz CT molecular complexity index is 455. The minimum Gasteiger partial charge on any atom is -0.489 e. The summed E-state index contributed by atoms with van der Waals surface area (Å²) in [6, 6.07) is 4.05. The first-order valence-electron chi connectivity index (χ1n) is 7.39. The van der Waals surface area contributed by atoms with Crippen LogP contribution in [-0.2, 0) is 32.2 Å². The number of hydrogen-bond acceptors (Lipinski definition) is 5. The minimum atomic E-state index is -0.221. The average Bonchev–Trinajstić information content (AvgIpc) is 2.45. The van der Waals surface area contributed by atoms with Crippen LogP contribution in [0.4, 0.5) is 0 Å². The van der Waals surface area contributed by atoms with Crippen molar-refractivity contribution in [1.82, 2.24) is 0 Å². The van der Waals surface area contributed by atoms with Crippen molar-refractivity contribution in [2.24, 2.45) is 5.92 Å². The number of carbonyl (C=O) groups excluding carboxylic acids is 1. The molecule has 5 nitrogen and oxygen atoms in total. The highest BCUT2D eigenvalue weighted by Gasteiger charge is 2.13. The third-order valence-corrected chi connectivity index (χ3v) is 3.03. The number of ether oxygens (including phenoxy) is 4. The molecule has 1 rings (SSSR count). The van der Waals surface area contributed by atoms with E-state index in [-0.39, 0.29) is 18.5 Å². The van der Waals surface area contributed by atoms with E-state index in [0.717, 1.165) is 22.4 Å². The standard InChI is InChI=1S/C17H26O5/c1-12(2)17(18)22-7-6-21-16-14(10-19-4)8-13(3)9-15(16)11-20-5/h8-9,12H,6-7,10-11H2,1-5H3. The van der Waals surface area contributed by atoms with Gasteiger partial charge in [0.25, 0.3) is 0 Å². The van der Waals surface area contributed by atoms with Crippen LogP contribution in [0.2, 0.25) is 0 Å². The maximum Gasteiger partial charge on any atom is 0.308 e. The molecule has 0 bridgehead atoms. The molecule has 1 aromatic carbocycles. The SMILES string of the molecule is COCc1cc(C)cc(COC)c1OCCOC(=O)C(C)C.